The Morgan fingerprint density at radius 3 is 2.41 bits per heavy atom. The lowest BCUT2D eigenvalue weighted by Gasteiger charge is -2.13. The lowest BCUT2D eigenvalue weighted by Crippen LogP contribution is -2.29. The van der Waals surface area contributed by atoms with Gasteiger partial charge in [0.05, 0.1) is 13.0 Å². The number of ether oxygens (including phenoxy) is 1. The van der Waals surface area contributed by atoms with Crippen molar-refractivity contribution < 1.29 is 14.3 Å². The molecule has 1 heterocycles. The fourth-order valence-corrected chi connectivity index (χ4v) is 2.42. The first-order valence-electron chi connectivity index (χ1n) is 6.97. The Morgan fingerprint density at radius 2 is 1.95 bits per heavy atom. The van der Waals surface area contributed by atoms with Crippen LogP contribution < -0.4 is 0 Å². The van der Waals surface area contributed by atoms with Gasteiger partial charge < -0.3 is 9.64 Å². The Balaban J connectivity index is 3.03. The van der Waals surface area contributed by atoms with E-state index in [4.69, 9.17) is 4.74 Å². The molecule has 1 rings (SSSR count). The van der Waals surface area contributed by atoms with Gasteiger partial charge in [0, 0.05) is 25.3 Å². The molecule has 0 radical (unpaired) electrons. The highest BCUT2D eigenvalue weighted by Gasteiger charge is 2.26. The van der Waals surface area contributed by atoms with Crippen molar-refractivity contribution >= 4 is 23.8 Å². The minimum absolute atomic E-state index is 0.263. The fourth-order valence-electron chi connectivity index (χ4n) is 1.49. The molecule has 7 nitrogen and oxygen atoms in total. The zero-order valence-corrected chi connectivity index (χ0v) is 15.0. The number of thioether (sulfide) groups is 1. The summed E-state index contributed by atoms with van der Waals surface area (Å²) in [6, 6.07) is -0.267. The lowest BCUT2D eigenvalue weighted by molar-refractivity contribution is -0.143. The van der Waals surface area contributed by atoms with Gasteiger partial charge in [-0.25, -0.2) is 9.78 Å². The molecule has 1 unspecified atom stereocenters. The number of carbonyl (C=O) groups is 2. The first-order valence-corrected chi connectivity index (χ1v) is 7.96. The molecule has 0 aliphatic heterocycles. The van der Waals surface area contributed by atoms with Crippen LogP contribution in [0.2, 0.25) is 0 Å². The van der Waals surface area contributed by atoms with E-state index in [2.05, 4.69) is 10.1 Å². The van der Waals surface area contributed by atoms with Crippen molar-refractivity contribution in [1.29, 1.82) is 0 Å². The quantitative estimate of drug-likeness (QED) is 0.621. The summed E-state index contributed by atoms with van der Waals surface area (Å²) in [6.07, 6.45) is 0. The molecule has 124 valence electrons. The van der Waals surface area contributed by atoms with Crippen LogP contribution in [-0.2, 0) is 14.9 Å². The standard InChI is InChI=1S/C14H24N4O3S/c1-9(10(19)21-7)8-22-12-15-11(14(2,3)4)16-18(12)13(20)17(5)6/h9H,8H2,1-7H3. The maximum atomic E-state index is 12.2. The molecule has 0 aliphatic rings. The van der Waals surface area contributed by atoms with Crippen molar-refractivity contribution in [3.05, 3.63) is 5.82 Å². The first-order chi connectivity index (χ1) is 10.1. The largest absolute Gasteiger partial charge is 0.469 e. The summed E-state index contributed by atoms with van der Waals surface area (Å²) in [5.74, 6) is 0.493. The van der Waals surface area contributed by atoms with E-state index in [-0.39, 0.29) is 23.3 Å². The Labute approximate surface area is 135 Å². The second-order valence-electron chi connectivity index (χ2n) is 6.29. The molecular formula is C14H24N4O3S. The number of hydrogen-bond donors (Lipinski definition) is 0. The van der Waals surface area contributed by atoms with Crippen LogP contribution in [-0.4, -0.2) is 58.6 Å². The van der Waals surface area contributed by atoms with Crippen LogP contribution in [0.15, 0.2) is 5.16 Å². The highest BCUT2D eigenvalue weighted by Crippen LogP contribution is 2.25. The van der Waals surface area contributed by atoms with E-state index in [1.807, 2.05) is 20.8 Å². The second kappa shape index (κ2) is 7.13. The average molecular weight is 328 g/mol. The minimum atomic E-state index is -0.285. The zero-order chi connectivity index (χ0) is 17.1. The van der Waals surface area contributed by atoms with Gasteiger partial charge in [-0.05, 0) is 0 Å². The predicted molar refractivity (Wildman–Crippen MR) is 85.1 cm³/mol. The Bertz CT molecular complexity index is 549. The summed E-state index contributed by atoms with van der Waals surface area (Å²) in [7, 11) is 4.68. The summed E-state index contributed by atoms with van der Waals surface area (Å²) in [6.45, 7) is 7.73. The van der Waals surface area contributed by atoms with Crippen molar-refractivity contribution in [2.45, 2.75) is 38.3 Å². The summed E-state index contributed by atoms with van der Waals surface area (Å²) >= 11 is 1.32. The number of carbonyl (C=O) groups excluding carboxylic acids is 2. The zero-order valence-electron chi connectivity index (χ0n) is 14.2. The van der Waals surface area contributed by atoms with Crippen LogP contribution in [0.4, 0.5) is 4.79 Å². The van der Waals surface area contributed by atoms with E-state index in [0.29, 0.717) is 16.7 Å². The summed E-state index contributed by atoms with van der Waals surface area (Å²) in [4.78, 5) is 29.6. The maximum absolute atomic E-state index is 12.2. The highest BCUT2D eigenvalue weighted by atomic mass is 32.2. The molecule has 0 N–H and O–H groups in total. The van der Waals surface area contributed by atoms with Crippen molar-refractivity contribution in [3.8, 4) is 0 Å². The molecule has 0 saturated carbocycles. The normalized spacial score (nSPS) is 12.9. The third kappa shape index (κ3) is 4.46. The van der Waals surface area contributed by atoms with Gasteiger partial charge in [0.25, 0.3) is 0 Å². The van der Waals surface area contributed by atoms with Gasteiger partial charge in [0.2, 0.25) is 0 Å². The molecule has 1 atom stereocenters. The van der Waals surface area contributed by atoms with Gasteiger partial charge in [-0.1, -0.05) is 39.5 Å². The molecule has 0 saturated heterocycles. The molecule has 0 fully saturated rings. The van der Waals surface area contributed by atoms with E-state index in [0.717, 1.165) is 0 Å². The first kappa shape index (κ1) is 18.5. The molecule has 1 aromatic rings. The van der Waals surface area contributed by atoms with Crippen LogP contribution in [0, 0.1) is 5.92 Å². The third-order valence-electron chi connectivity index (χ3n) is 2.88. The van der Waals surface area contributed by atoms with Crippen LogP contribution in [0.1, 0.15) is 33.5 Å². The number of rotatable bonds is 4. The molecule has 0 bridgehead atoms. The smallest absolute Gasteiger partial charge is 0.346 e. The number of aromatic nitrogens is 3. The van der Waals surface area contributed by atoms with E-state index in [1.165, 1.54) is 28.5 Å². The SMILES string of the molecule is COC(=O)C(C)CSc1nc(C(C)(C)C)nn1C(=O)N(C)C. The van der Waals surface area contributed by atoms with Gasteiger partial charge >= 0.3 is 12.0 Å². The minimum Gasteiger partial charge on any atom is -0.469 e. The van der Waals surface area contributed by atoms with Gasteiger partial charge in [0.15, 0.2) is 11.0 Å². The molecule has 1 amide bonds. The molecule has 8 heteroatoms. The van der Waals surface area contributed by atoms with Crippen LogP contribution >= 0.6 is 11.8 Å². The highest BCUT2D eigenvalue weighted by molar-refractivity contribution is 7.99. The molecule has 1 aromatic heterocycles. The van der Waals surface area contributed by atoms with Crippen molar-refractivity contribution in [2.75, 3.05) is 27.0 Å². The van der Waals surface area contributed by atoms with Gasteiger partial charge in [-0.3, -0.25) is 4.79 Å². The number of hydrogen-bond acceptors (Lipinski definition) is 6. The van der Waals surface area contributed by atoms with Gasteiger partial charge in [-0.2, -0.15) is 4.68 Å². The topological polar surface area (TPSA) is 77.3 Å². The number of esters is 1. The van der Waals surface area contributed by atoms with Crippen molar-refractivity contribution in [3.63, 3.8) is 0 Å². The number of nitrogens with zero attached hydrogens (tertiary/aromatic N) is 4. The molecule has 0 aliphatic carbocycles. The molecular weight excluding hydrogens is 304 g/mol. The fraction of sp³-hybridized carbons (Fsp3) is 0.714. The Morgan fingerprint density at radius 1 is 1.36 bits per heavy atom. The van der Waals surface area contributed by atoms with Crippen LogP contribution in [0.25, 0.3) is 0 Å². The van der Waals surface area contributed by atoms with Crippen LogP contribution in [0.3, 0.4) is 0 Å². The van der Waals surface area contributed by atoms with Gasteiger partial charge in [0.1, 0.15) is 0 Å². The lowest BCUT2D eigenvalue weighted by atomic mass is 9.96. The van der Waals surface area contributed by atoms with E-state index in [1.54, 1.807) is 21.0 Å². The summed E-state index contributed by atoms with van der Waals surface area (Å²) in [5, 5.41) is 4.81. The number of amides is 1. The summed E-state index contributed by atoms with van der Waals surface area (Å²) in [5.41, 5.74) is -0.263. The summed E-state index contributed by atoms with van der Waals surface area (Å²) < 4.78 is 5.99. The van der Waals surface area contributed by atoms with Crippen LogP contribution in [0.5, 0.6) is 0 Å². The van der Waals surface area contributed by atoms with Crippen molar-refractivity contribution in [1.82, 2.24) is 19.7 Å². The van der Waals surface area contributed by atoms with E-state index in [9.17, 15) is 9.59 Å². The average Bonchev–Trinajstić information content (AvgIpc) is 2.86. The van der Waals surface area contributed by atoms with E-state index >= 15 is 0 Å². The Hall–Kier alpha value is -1.57. The monoisotopic (exact) mass is 328 g/mol. The molecule has 0 spiro atoms. The molecule has 22 heavy (non-hydrogen) atoms. The second-order valence-corrected chi connectivity index (χ2v) is 7.28. The molecule has 0 aromatic carbocycles. The predicted octanol–water partition coefficient (Wildman–Crippen LogP) is 2.01. The van der Waals surface area contributed by atoms with E-state index < -0.39 is 0 Å². The van der Waals surface area contributed by atoms with Crippen molar-refractivity contribution in [2.24, 2.45) is 5.92 Å². The maximum Gasteiger partial charge on any atom is 0.346 e. The third-order valence-corrected chi connectivity index (χ3v) is 4.07. The Kier molecular flexibility index (Phi) is 5.99. The number of methoxy groups -OCH3 is 1. The van der Waals surface area contributed by atoms with Gasteiger partial charge in [-0.15, -0.1) is 5.10 Å².